The number of H-pyrrole nitrogens is 1. The highest BCUT2D eigenvalue weighted by atomic mass is 19.1. The van der Waals surface area contributed by atoms with Crippen molar-refractivity contribution in [1.82, 2.24) is 14.9 Å². The van der Waals surface area contributed by atoms with Gasteiger partial charge in [0.15, 0.2) is 0 Å². The highest BCUT2D eigenvalue weighted by Crippen LogP contribution is 2.39. The number of halogens is 1. The predicted octanol–water partition coefficient (Wildman–Crippen LogP) is 5.60. The first kappa shape index (κ1) is 29.2. The second kappa shape index (κ2) is 12.0. The highest BCUT2D eigenvalue weighted by molar-refractivity contribution is 6.20. The standard InChI is InChI=1S/C35H29FN6O3/c1-42(19-20-4-3-15-39-18-20)35(45)22-9-12-26-30(16-22)40-32-27(33(38)43)14-13-25(31(26)32)24-5-2-6-29(28(24)17-37)41-34(44)21-7-10-23(36)11-8-21/h2-16,18,40H,17,19,37H2,1H3,(H2,38,43)(H,41,44). The van der Waals surface area contributed by atoms with Crippen molar-refractivity contribution >= 4 is 45.2 Å². The van der Waals surface area contributed by atoms with Crippen LogP contribution in [-0.4, -0.2) is 39.6 Å². The van der Waals surface area contributed by atoms with E-state index in [1.54, 1.807) is 60.7 Å². The first-order chi connectivity index (χ1) is 21.7. The molecule has 0 saturated heterocycles. The minimum atomic E-state index is -0.607. The summed E-state index contributed by atoms with van der Waals surface area (Å²) in [5, 5.41) is 4.39. The molecule has 6 N–H and O–H groups in total. The molecule has 4 aromatic carbocycles. The molecular formula is C35H29FN6O3. The van der Waals surface area contributed by atoms with Crippen molar-refractivity contribution in [3.63, 3.8) is 0 Å². The third kappa shape index (κ3) is 5.62. The molecule has 0 aliphatic carbocycles. The van der Waals surface area contributed by atoms with Crippen LogP contribution in [0.25, 0.3) is 32.9 Å². The molecule has 0 atom stereocenters. The molecule has 0 saturated carbocycles. The van der Waals surface area contributed by atoms with Crippen LogP contribution in [0.4, 0.5) is 10.1 Å². The number of anilines is 1. The molecule has 2 heterocycles. The number of primary amides is 1. The Hall–Kier alpha value is -5.87. The van der Waals surface area contributed by atoms with E-state index in [1.165, 1.54) is 24.3 Å². The van der Waals surface area contributed by atoms with Gasteiger partial charge in [0.25, 0.3) is 17.7 Å². The van der Waals surface area contributed by atoms with Crippen molar-refractivity contribution < 1.29 is 18.8 Å². The van der Waals surface area contributed by atoms with Gasteiger partial charge in [0.2, 0.25) is 0 Å². The van der Waals surface area contributed by atoms with E-state index in [0.717, 1.165) is 27.5 Å². The normalized spacial score (nSPS) is 11.1. The van der Waals surface area contributed by atoms with Gasteiger partial charge in [-0.2, -0.15) is 0 Å². The van der Waals surface area contributed by atoms with Gasteiger partial charge < -0.3 is 26.7 Å². The zero-order valence-corrected chi connectivity index (χ0v) is 24.3. The number of aromatic nitrogens is 2. The Morgan fingerprint density at radius 1 is 0.933 bits per heavy atom. The zero-order chi connectivity index (χ0) is 31.7. The number of nitrogens with one attached hydrogen (secondary N) is 2. The summed E-state index contributed by atoms with van der Waals surface area (Å²) in [4.78, 5) is 47.9. The van der Waals surface area contributed by atoms with E-state index in [4.69, 9.17) is 11.5 Å². The smallest absolute Gasteiger partial charge is 0.255 e. The molecule has 6 rings (SSSR count). The van der Waals surface area contributed by atoms with E-state index in [0.29, 0.717) is 45.5 Å². The number of hydrogen-bond acceptors (Lipinski definition) is 5. The second-order valence-electron chi connectivity index (χ2n) is 10.7. The number of amides is 3. The number of fused-ring (bicyclic) bond motifs is 3. The van der Waals surface area contributed by atoms with Crippen molar-refractivity contribution in [2.45, 2.75) is 13.1 Å². The lowest BCUT2D eigenvalue weighted by Crippen LogP contribution is -2.26. The van der Waals surface area contributed by atoms with Gasteiger partial charge in [-0.15, -0.1) is 0 Å². The lowest BCUT2D eigenvalue weighted by atomic mass is 9.92. The first-order valence-corrected chi connectivity index (χ1v) is 14.2. The van der Waals surface area contributed by atoms with Gasteiger partial charge in [-0.25, -0.2) is 4.39 Å². The maximum atomic E-state index is 13.4. The summed E-state index contributed by atoms with van der Waals surface area (Å²) < 4.78 is 13.4. The topological polar surface area (TPSA) is 147 Å². The van der Waals surface area contributed by atoms with Crippen LogP contribution >= 0.6 is 0 Å². The molecule has 6 aromatic rings. The fraction of sp³-hybridized carbons (Fsp3) is 0.0857. The summed E-state index contributed by atoms with van der Waals surface area (Å²) in [6, 6.07) is 23.2. The van der Waals surface area contributed by atoms with E-state index in [2.05, 4.69) is 15.3 Å². The quantitative estimate of drug-likeness (QED) is 0.179. The number of carbonyl (C=O) groups is 3. The molecule has 10 heteroatoms. The molecule has 0 aliphatic rings. The summed E-state index contributed by atoms with van der Waals surface area (Å²) in [5.74, 6) is -1.63. The lowest BCUT2D eigenvalue weighted by Gasteiger charge is -2.17. The number of nitrogens with two attached hydrogens (primary N) is 2. The Morgan fingerprint density at radius 3 is 2.42 bits per heavy atom. The molecular weight excluding hydrogens is 571 g/mol. The van der Waals surface area contributed by atoms with Crippen molar-refractivity contribution in [1.29, 1.82) is 0 Å². The van der Waals surface area contributed by atoms with Gasteiger partial charge in [0, 0.05) is 65.6 Å². The molecule has 0 bridgehead atoms. The number of rotatable bonds is 8. The molecule has 0 fully saturated rings. The zero-order valence-electron chi connectivity index (χ0n) is 24.3. The molecule has 0 unspecified atom stereocenters. The van der Waals surface area contributed by atoms with Crippen LogP contribution in [0.15, 0.2) is 97.3 Å². The van der Waals surface area contributed by atoms with Crippen molar-refractivity contribution in [2.75, 3.05) is 12.4 Å². The average molecular weight is 601 g/mol. The molecule has 224 valence electrons. The van der Waals surface area contributed by atoms with Crippen LogP contribution in [0.3, 0.4) is 0 Å². The maximum Gasteiger partial charge on any atom is 0.255 e. The van der Waals surface area contributed by atoms with Gasteiger partial charge in [0.05, 0.1) is 11.1 Å². The molecule has 3 amide bonds. The number of nitrogens with zero attached hydrogens (tertiary/aromatic N) is 2. The van der Waals surface area contributed by atoms with Crippen molar-refractivity contribution in [2.24, 2.45) is 11.5 Å². The molecule has 0 aliphatic heterocycles. The Bertz CT molecular complexity index is 2090. The summed E-state index contributed by atoms with van der Waals surface area (Å²) >= 11 is 0. The third-order valence-corrected chi connectivity index (χ3v) is 7.78. The van der Waals surface area contributed by atoms with Crippen molar-refractivity contribution in [3.05, 3.63) is 131 Å². The van der Waals surface area contributed by atoms with Gasteiger partial charge in [-0.1, -0.05) is 30.3 Å². The summed E-state index contributed by atoms with van der Waals surface area (Å²) in [6.45, 7) is 0.488. The van der Waals surface area contributed by atoms with E-state index < -0.39 is 17.6 Å². The Balaban J connectivity index is 1.43. The SMILES string of the molecule is CN(Cc1cccnc1)C(=O)c1ccc2c(c1)[nH]c1c(C(N)=O)ccc(-c3cccc(NC(=O)c4ccc(F)cc4)c3CN)c12. The maximum absolute atomic E-state index is 13.4. The van der Waals surface area contributed by atoms with Crippen LogP contribution < -0.4 is 16.8 Å². The minimum absolute atomic E-state index is 0.0958. The highest BCUT2D eigenvalue weighted by Gasteiger charge is 2.21. The number of benzene rings is 4. The van der Waals surface area contributed by atoms with Crippen LogP contribution in [0, 0.1) is 5.82 Å². The van der Waals surface area contributed by atoms with E-state index in [9.17, 15) is 18.8 Å². The molecule has 0 spiro atoms. The minimum Gasteiger partial charge on any atom is -0.366 e. The number of carbonyl (C=O) groups excluding carboxylic acids is 3. The summed E-state index contributed by atoms with van der Waals surface area (Å²) in [5.41, 5.74) is 17.8. The molecule has 45 heavy (non-hydrogen) atoms. The fourth-order valence-corrected chi connectivity index (χ4v) is 5.61. The third-order valence-electron chi connectivity index (χ3n) is 7.78. The monoisotopic (exact) mass is 600 g/mol. The lowest BCUT2D eigenvalue weighted by molar-refractivity contribution is 0.0784. The number of hydrogen-bond donors (Lipinski definition) is 4. The van der Waals surface area contributed by atoms with E-state index in [1.807, 2.05) is 24.3 Å². The molecule has 2 aromatic heterocycles. The Labute approximate surface area is 257 Å². The fourth-order valence-electron chi connectivity index (χ4n) is 5.61. The van der Waals surface area contributed by atoms with Crippen molar-refractivity contribution in [3.8, 4) is 11.1 Å². The second-order valence-corrected chi connectivity index (χ2v) is 10.7. The van der Waals surface area contributed by atoms with E-state index in [-0.39, 0.29) is 12.5 Å². The number of aromatic amines is 1. The van der Waals surface area contributed by atoms with Crippen LogP contribution in [0.1, 0.15) is 42.2 Å². The Kier molecular flexibility index (Phi) is 7.80. The van der Waals surface area contributed by atoms with E-state index >= 15 is 0 Å². The van der Waals surface area contributed by atoms with Gasteiger partial charge in [-0.3, -0.25) is 19.4 Å². The molecule has 9 nitrogen and oxygen atoms in total. The summed E-state index contributed by atoms with van der Waals surface area (Å²) in [6.07, 6.45) is 3.40. The average Bonchev–Trinajstić information content (AvgIpc) is 3.43. The first-order valence-electron chi connectivity index (χ1n) is 14.2. The van der Waals surface area contributed by atoms with Crippen LogP contribution in [-0.2, 0) is 13.1 Å². The number of pyridine rings is 1. The van der Waals surface area contributed by atoms with Gasteiger partial charge in [-0.05, 0) is 76.9 Å². The largest absolute Gasteiger partial charge is 0.366 e. The molecule has 0 radical (unpaired) electrons. The predicted molar refractivity (Wildman–Crippen MR) is 172 cm³/mol. The van der Waals surface area contributed by atoms with Gasteiger partial charge >= 0.3 is 0 Å². The van der Waals surface area contributed by atoms with Crippen LogP contribution in [0.2, 0.25) is 0 Å². The van der Waals surface area contributed by atoms with Crippen LogP contribution in [0.5, 0.6) is 0 Å². The Morgan fingerprint density at radius 2 is 1.71 bits per heavy atom. The summed E-state index contributed by atoms with van der Waals surface area (Å²) in [7, 11) is 1.73. The van der Waals surface area contributed by atoms with Gasteiger partial charge in [0.1, 0.15) is 5.82 Å².